The van der Waals surface area contributed by atoms with Gasteiger partial charge in [0.05, 0.1) is 31.4 Å². The minimum atomic E-state index is -0.793. The number of ether oxygens (including phenoxy) is 2. The van der Waals surface area contributed by atoms with Gasteiger partial charge in [-0.15, -0.1) is 0 Å². The molecule has 1 aromatic heterocycles. The first-order valence-electron chi connectivity index (χ1n) is 11.1. The molecule has 7 nitrogen and oxygen atoms in total. The smallest absolute Gasteiger partial charge is 0.295 e. The van der Waals surface area contributed by atoms with Crippen molar-refractivity contribution < 1.29 is 24.2 Å². The van der Waals surface area contributed by atoms with Crippen LogP contribution in [-0.2, 0) is 16.1 Å². The van der Waals surface area contributed by atoms with E-state index in [-0.39, 0.29) is 17.9 Å². The molecule has 1 aliphatic heterocycles. The molecule has 0 bridgehead atoms. The zero-order valence-electron chi connectivity index (χ0n) is 19.3. The number of nitrogens with one attached hydrogen (secondary N) is 1. The highest BCUT2D eigenvalue weighted by molar-refractivity contribution is 6.46. The monoisotopic (exact) mass is 468 g/mol. The molecular formula is C28H24N2O5. The lowest BCUT2D eigenvalue weighted by atomic mass is 9.94. The van der Waals surface area contributed by atoms with Crippen LogP contribution in [-0.4, -0.2) is 40.9 Å². The second kappa shape index (κ2) is 9.02. The fourth-order valence-corrected chi connectivity index (χ4v) is 4.60. The Morgan fingerprint density at radius 2 is 1.66 bits per heavy atom. The lowest BCUT2D eigenvalue weighted by molar-refractivity contribution is -0.140. The number of aliphatic hydroxyl groups excluding tert-OH is 1. The molecule has 4 aromatic rings. The second-order valence-corrected chi connectivity index (χ2v) is 8.26. The van der Waals surface area contributed by atoms with Crippen LogP contribution in [0.5, 0.6) is 11.5 Å². The van der Waals surface area contributed by atoms with Crippen LogP contribution in [0.15, 0.2) is 84.6 Å². The zero-order valence-corrected chi connectivity index (χ0v) is 19.3. The van der Waals surface area contributed by atoms with E-state index in [9.17, 15) is 14.7 Å². The average molecular weight is 469 g/mol. The highest BCUT2D eigenvalue weighted by Crippen LogP contribution is 2.43. The summed E-state index contributed by atoms with van der Waals surface area (Å²) in [6, 6.07) is 21.1. The molecule has 0 aliphatic carbocycles. The van der Waals surface area contributed by atoms with Gasteiger partial charge in [0.2, 0.25) is 0 Å². The first kappa shape index (κ1) is 22.3. The van der Waals surface area contributed by atoms with Crippen LogP contribution in [0.4, 0.5) is 0 Å². The van der Waals surface area contributed by atoms with Crippen LogP contribution in [0.2, 0.25) is 0 Å². The Kier molecular flexibility index (Phi) is 5.74. The van der Waals surface area contributed by atoms with Gasteiger partial charge in [0.1, 0.15) is 17.3 Å². The maximum absolute atomic E-state index is 13.4. The molecule has 1 fully saturated rings. The van der Waals surface area contributed by atoms with E-state index in [1.807, 2.05) is 48.5 Å². The molecule has 1 aliphatic rings. The molecule has 7 heteroatoms. The number of ketones is 1. The molecule has 1 atom stereocenters. The third kappa shape index (κ3) is 3.81. The molecule has 1 saturated heterocycles. The zero-order chi connectivity index (χ0) is 24.5. The van der Waals surface area contributed by atoms with Gasteiger partial charge >= 0.3 is 0 Å². The van der Waals surface area contributed by atoms with Gasteiger partial charge in [0.15, 0.2) is 0 Å². The Labute approximate surface area is 202 Å². The van der Waals surface area contributed by atoms with E-state index in [1.54, 1.807) is 37.6 Å². The number of para-hydroxylation sites is 2. The molecule has 5 rings (SSSR count). The summed E-state index contributed by atoms with van der Waals surface area (Å²) in [4.78, 5) is 31.4. The number of nitrogens with zero attached hydrogens (tertiary/aromatic N) is 1. The number of aliphatic hydroxyl groups is 1. The molecule has 0 radical (unpaired) electrons. The van der Waals surface area contributed by atoms with E-state index in [1.165, 1.54) is 12.0 Å². The van der Waals surface area contributed by atoms with Gasteiger partial charge in [-0.05, 0) is 35.9 Å². The van der Waals surface area contributed by atoms with E-state index in [0.717, 1.165) is 22.0 Å². The van der Waals surface area contributed by atoms with Crippen LogP contribution in [0.3, 0.4) is 0 Å². The molecule has 2 heterocycles. The van der Waals surface area contributed by atoms with Gasteiger partial charge in [-0.3, -0.25) is 9.59 Å². The number of aromatic amines is 1. The van der Waals surface area contributed by atoms with Gasteiger partial charge < -0.3 is 24.5 Å². The topological polar surface area (TPSA) is 91.9 Å². The minimum absolute atomic E-state index is 0.0257. The lowest BCUT2D eigenvalue weighted by Crippen LogP contribution is -2.29. The Hall–Kier alpha value is -4.52. The number of carbonyl (C=O) groups excluding carboxylic acids is 2. The summed E-state index contributed by atoms with van der Waals surface area (Å²) in [5.74, 6) is -0.581. The highest BCUT2D eigenvalue weighted by Gasteiger charge is 2.47. The number of Topliss-reactive ketones (excluding diaryl/α,β-unsaturated/α-hetero) is 1. The number of fused-ring (bicyclic) bond motifs is 1. The number of rotatable bonds is 6. The van der Waals surface area contributed by atoms with E-state index in [4.69, 9.17) is 9.47 Å². The maximum atomic E-state index is 13.4. The van der Waals surface area contributed by atoms with E-state index < -0.39 is 17.7 Å². The fraction of sp³-hybridized carbons (Fsp3) is 0.143. The number of benzene rings is 3. The standard InChI is InChI=1S/C28H24N2O5/c1-34-18-13-11-17(12-14-18)16-30-25(21-15-29-22-9-5-3-7-19(21)22)24(27(32)28(30)33)26(31)20-8-4-6-10-23(20)35-2/h3-15,25,29,31H,16H2,1-2H3/b26-24+. The fourth-order valence-electron chi connectivity index (χ4n) is 4.60. The predicted octanol–water partition coefficient (Wildman–Crippen LogP) is 4.81. The normalized spacial score (nSPS) is 17.2. The quantitative estimate of drug-likeness (QED) is 0.241. The van der Waals surface area contributed by atoms with Crippen molar-refractivity contribution in [1.82, 2.24) is 9.88 Å². The summed E-state index contributed by atoms with van der Waals surface area (Å²) in [6.07, 6.45) is 1.79. The van der Waals surface area contributed by atoms with Crippen molar-refractivity contribution >= 4 is 28.4 Å². The van der Waals surface area contributed by atoms with Crippen LogP contribution in [0.25, 0.3) is 16.7 Å². The first-order chi connectivity index (χ1) is 17.0. The molecule has 3 aromatic carbocycles. The average Bonchev–Trinajstić information content (AvgIpc) is 3.43. The number of aromatic nitrogens is 1. The van der Waals surface area contributed by atoms with Crippen molar-refractivity contribution in [3.05, 3.63) is 101 Å². The molecule has 176 valence electrons. The summed E-state index contributed by atoms with van der Waals surface area (Å²) in [6.45, 7) is 0.182. The molecule has 35 heavy (non-hydrogen) atoms. The minimum Gasteiger partial charge on any atom is -0.507 e. The third-order valence-electron chi connectivity index (χ3n) is 6.33. The molecule has 1 unspecified atom stereocenters. The molecule has 1 amide bonds. The number of hydrogen-bond acceptors (Lipinski definition) is 5. The third-order valence-corrected chi connectivity index (χ3v) is 6.33. The van der Waals surface area contributed by atoms with Gasteiger partial charge in [0, 0.05) is 29.2 Å². The van der Waals surface area contributed by atoms with Crippen molar-refractivity contribution in [1.29, 1.82) is 0 Å². The van der Waals surface area contributed by atoms with Crippen molar-refractivity contribution in [3.8, 4) is 11.5 Å². The largest absolute Gasteiger partial charge is 0.507 e. The van der Waals surface area contributed by atoms with Gasteiger partial charge in [0.25, 0.3) is 11.7 Å². The SMILES string of the molecule is COc1ccc(CN2C(=O)C(=O)/C(=C(/O)c3ccccc3OC)C2c2c[nH]c3ccccc23)cc1. The lowest BCUT2D eigenvalue weighted by Gasteiger charge is -2.25. The van der Waals surface area contributed by atoms with Gasteiger partial charge in [-0.2, -0.15) is 0 Å². The van der Waals surface area contributed by atoms with E-state index in [2.05, 4.69) is 4.98 Å². The summed E-state index contributed by atoms with van der Waals surface area (Å²) in [5.41, 5.74) is 2.80. The molecular weight excluding hydrogens is 444 g/mol. The van der Waals surface area contributed by atoms with Crippen LogP contribution < -0.4 is 9.47 Å². The summed E-state index contributed by atoms with van der Waals surface area (Å²) in [5, 5.41) is 12.3. The highest BCUT2D eigenvalue weighted by atomic mass is 16.5. The molecule has 0 saturated carbocycles. The number of carbonyl (C=O) groups is 2. The Morgan fingerprint density at radius 1 is 0.943 bits per heavy atom. The Morgan fingerprint density at radius 3 is 2.40 bits per heavy atom. The van der Waals surface area contributed by atoms with Crippen LogP contribution in [0.1, 0.15) is 22.7 Å². The summed E-state index contributed by atoms with van der Waals surface area (Å²) < 4.78 is 10.6. The number of H-pyrrole nitrogens is 1. The predicted molar refractivity (Wildman–Crippen MR) is 132 cm³/mol. The van der Waals surface area contributed by atoms with E-state index >= 15 is 0 Å². The van der Waals surface area contributed by atoms with Gasteiger partial charge in [-0.1, -0.05) is 42.5 Å². The Bertz CT molecular complexity index is 1450. The van der Waals surface area contributed by atoms with Crippen LogP contribution in [0, 0.1) is 0 Å². The van der Waals surface area contributed by atoms with Crippen molar-refractivity contribution in [2.75, 3.05) is 14.2 Å². The van der Waals surface area contributed by atoms with Crippen molar-refractivity contribution in [2.45, 2.75) is 12.6 Å². The number of hydrogen-bond donors (Lipinski definition) is 2. The first-order valence-corrected chi connectivity index (χ1v) is 11.1. The van der Waals surface area contributed by atoms with Crippen molar-refractivity contribution in [2.24, 2.45) is 0 Å². The van der Waals surface area contributed by atoms with Crippen molar-refractivity contribution in [3.63, 3.8) is 0 Å². The summed E-state index contributed by atoms with van der Waals surface area (Å²) >= 11 is 0. The van der Waals surface area contributed by atoms with E-state index in [0.29, 0.717) is 17.1 Å². The summed E-state index contributed by atoms with van der Waals surface area (Å²) in [7, 11) is 3.08. The number of methoxy groups -OCH3 is 2. The number of amides is 1. The van der Waals surface area contributed by atoms with Crippen LogP contribution >= 0.6 is 0 Å². The number of likely N-dealkylation sites (tertiary alicyclic amines) is 1. The Balaban J connectivity index is 1.69. The van der Waals surface area contributed by atoms with Gasteiger partial charge in [-0.25, -0.2) is 0 Å². The maximum Gasteiger partial charge on any atom is 0.295 e. The second-order valence-electron chi connectivity index (χ2n) is 8.26. The molecule has 0 spiro atoms. The molecule has 2 N–H and O–H groups in total.